The lowest BCUT2D eigenvalue weighted by atomic mass is 10.0. The molecule has 0 atom stereocenters. The van der Waals surface area contributed by atoms with E-state index in [1.807, 2.05) is 32.0 Å². The average Bonchev–Trinajstić information content (AvgIpc) is 3.00. The number of hydrogen-bond donors (Lipinski definition) is 2. The van der Waals surface area contributed by atoms with Crippen LogP contribution in [-0.2, 0) is 11.3 Å². The van der Waals surface area contributed by atoms with Crippen molar-refractivity contribution >= 4 is 34.1 Å². The van der Waals surface area contributed by atoms with Crippen LogP contribution in [0.25, 0.3) is 0 Å². The molecule has 0 fully saturated rings. The number of carbonyl (C=O) groups excluding carboxylic acids is 1. The third-order valence-electron chi connectivity index (χ3n) is 3.38. The number of aromatic nitrogens is 2. The van der Waals surface area contributed by atoms with Gasteiger partial charge in [-0.1, -0.05) is 60.4 Å². The normalized spacial score (nSPS) is 11.3. The summed E-state index contributed by atoms with van der Waals surface area (Å²) in [5.74, 6) is 0.382. The van der Waals surface area contributed by atoms with Gasteiger partial charge in [0.2, 0.25) is 11.0 Å². The summed E-state index contributed by atoms with van der Waals surface area (Å²) in [6, 6.07) is 10.1. The number of thioether (sulfide) groups is 1. The number of amides is 1. The molecule has 0 saturated heterocycles. The molecule has 124 valence electrons. The summed E-state index contributed by atoms with van der Waals surface area (Å²) >= 11 is 2.88. The summed E-state index contributed by atoms with van der Waals surface area (Å²) in [6.45, 7) is 6.81. The van der Waals surface area contributed by atoms with Gasteiger partial charge in [0.15, 0.2) is 4.34 Å². The Kier molecular flexibility index (Phi) is 6.41. The van der Waals surface area contributed by atoms with Gasteiger partial charge in [0.05, 0.1) is 5.75 Å². The first-order chi connectivity index (χ1) is 11.0. The van der Waals surface area contributed by atoms with E-state index in [9.17, 15) is 4.79 Å². The lowest BCUT2D eigenvalue weighted by Gasteiger charge is -2.24. The van der Waals surface area contributed by atoms with Gasteiger partial charge in [0, 0.05) is 12.1 Å². The van der Waals surface area contributed by atoms with Crippen LogP contribution >= 0.6 is 23.1 Å². The highest BCUT2D eigenvalue weighted by molar-refractivity contribution is 8.01. The molecule has 1 amide bonds. The van der Waals surface area contributed by atoms with Crippen molar-refractivity contribution in [3.05, 3.63) is 35.9 Å². The van der Waals surface area contributed by atoms with Crippen molar-refractivity contribution in [2.45, 2.75) is 43.6 Å². The molecule has 0 aliphatic heterocycles. The molecule has 1 aromatic heterocycles. The number of nitrogens with one attached hydrogen (secondary N) is 2. The Morgan fingerprint density at radius 1 is 1.26 bits per heavy atom. The van der Waals surface area contributed by atoms with E-state index >= 15 is 0 Å². The molecule has 0 radical (unpaired) electrons. The van der Waals surface area contributed by atoms with E-state index < -0.39 is 0 Å². The van der Waals surface area contributed by atoms with Gasteiger partial charge in [-0.15, -0.1) is 10.2 Å². The Labute approximate surface area is 145 Å². The highest BCUT2D eigenvalue weighted by atomic mass is 32.2. The maximum atomic E-state index is 11.9. The molecular formula is C16H22N4OS2. The lowest BCUT2D eigenvalue weighted by molar-refractivity contribution is -0.120. The second-order valence-electron chi connectivity index (χ2n) is 5.79. The topological polar surface area (TPSA) is 66.9 Å². The molecule has 0 unspecified atom stereocenters. The number of benzene rings is 1. The Morgan fingerprint density at radius 3 is 2.70 bits per heavy atom. The predicted octanol–water partition coefficient (Wildman–Crippen LogP) is 3.55. The van der Waals surface area contributed by atoms with Crippen molar-refractivity contribution < 1.29 is 4.79 Å². The van der Waals surface area contributed by atoms with Gasteiger partial charge >= 0.3 is 0 Å². The van der Waals surface area contributed by atoms with Crippen molar-refractivity contribution in [1.82, 2.24) is 15.5 Å². The SMILES string of the molecule is CCC(C)(C)NC(=O)CSc1nnc(NCc2ccccc2)s1. The Hall–Kier alpha value is -1.60. The van der Waals surface area contributed by atoms with E-state index in [1.54, 1.807) is 0 Å². The van der Waals surface area contributed by atoms with Crippen LogP contribution in [0.15, 0.2) is 34.7 Å². The van der Waals surface area contributed by atoms with Crippen molar-refractivity contribution in [2.24, 2.45) is 0 Å². The minimum Gasteiger partial charge on any atom is -0.356 e. The zero-order valence-corrected chi connectivity index (χ0v) is 15.3. The average molecular weight is 351 g/mol. The number of carbonyl (C=O) groups is 1. The number of rotatable bonds is 8. The summed E-state index contributed by atoms with van der Waals surface area (Å²) in [7, 11) is 0. The number of hydrogen-bond acceptors (Lipinski definition) is 6. The number of anilines is 1. The first-order valence-electron chi connectivity index (χ1n) is 7.53. The quantitative estimate of drug-likeness (QED) is 0.713. The first-order valence-corrected chi connectivity index (χ1v) is 9.34. The largest absolute Gasteiger partial charge is 0.356 e. The Balaban J connectivity index is 1.77. The van der Waals surface area contributed by atoms with Crippen molar-refractivity contribution in [3.8, 4) is 0 Å². The monoisotopic (exact) mass is 350 g/mol. The standard InChI is InChI=1S/C16H22N4OS2/c1-4-16(2,3)18-13(21)11-22-15-20-19-14(23-15)17-10-12-8-6-5-7-9-12/h5-9H,4,10-11H2,1-3H3,(H,17,19)(H,18,21). The van der Waals surface area contributed by atoms with Crippen LogP contribution < -0.4 is 10.6 Å². The molecule has 5 nitrogen and oxygen atoms in total. The molecule has 7 heteroatoms. The fourth-order valence-corrected chi connectivity index (χ4v) is 3.29. The second kappa shape index (κ2) is 8.31. The van der Waals surface area contributed by atoms with Gasteiger partial charge in [-0.25, -0.2) is 0 Å². The van der Waals surface area contributed by atoms with Crippen LogP contribution in [0.5, 0.6) is 0 Å². The molecule has 1 aromatic carbocycles. The Bertz CT molecular complexity index is 628. The molecule has 1 heterocycles. The number of nitrogens with zero attached hydrogens (tertiary/aromatic N) is 2. The molecule has 2 N–H and O–H groups in total. The molecule has 0 aliphatic carbocycles. The van der Waals surface area contributed by atoms with Crippen LogP contribution in [0.2, 0.25) is 0 Å². The fourth-order valence-electron chi connectivity index (χ4n) is 1.74. The summed E-state index contributed by atoms with van der Waals surface area (Å²) < 4.78 is 0.796. The van der Waals surface area contributed by atoms with Crippen molar-refractivity contribution in [2.75, 3.05) is 11.1 Å². The zero-order chi connectivity index (χ0) is 16.7. The first kappa shape index (κ1) is 17.7. The van der Waals surface area contributed by atoms with Crippen LogP contribution in [0.3, 0.4) is 0 Å². The molecule has 0 saturated carbocycles. The van der Waals surface area contributed by atoms with Gasteiger partial charge in [-0.3, -0.25) is 4.79 Å². The molecule has 2 aromatic rings. The van der Waals surface area contributed by atoms with Gasteiger partial charge < -0.3 is 10.6 Å². The van der Waals surface area contributed by atoms with E-state index in [2.05, 4.69) is 39.9 Å². The summed E-state index contributed by atoms with van der Waals surface area (Å²) in [6.07, 6.45) is 0.899. The predicted molar refractivity (Wildman–Crippen MR) is 96.9 cm³/mol. The minimum absolute atomic E-state index is 0.0239. The van der Waals surface area contributed by atoms with Crippen LogP contribution in [-0.4, -0.2) is 27.4 Å². The molecular weight excluding hydrogens is 328 g/mol. The van der Waals surface area contributed by atoms with E-state index in [1.165, 1.54) is 28.7 Å². The highest BCUT2D eigenvalue weighted by Gasteiger charge is 2.18. The maximum Gasteiger partial charge on any atom is 0.230 e. The lowest BCUT2D eigenvalue weighted by Crippen LogP contribution is -2.43. The highest BCUT2D eigenvalue weighted by Crippen LogP contribution is 2.25. The van der Waals surface area contributed by atoms with Gasteiger partial charge in [-0.05, 0) is 25.8 Å². The third-order valence-corrected chi connectivity index (χ3v) is 5.40. The van der Waals surface area contributed by atoms with E-state index in [0.717, 1.165) is 15.9 Å². The fraction of sp³-hybridized carbons (Fsp3) is 0.438. The summed E-state index contributed by atoms with van der Waals surface area (Å²) in [5.41, 5.74) is 1.03. The van der Waals surface area contributed by atoms with Crippen molar-refractivity contribution in [1.29, 1.82) is 0 Å². The van der Waals surface area contributed by atoms with Crippen LogP contribution in [0, 0.1) is 0 Å². The zero-order valence-electron chi connectivity index (χ0n) is 13.6. The smallest absolute Gasteiger partial charge is 0.230 e. The third kappa shape index (κ3) is 6.19. The molecule has 0 bridgehead atoms. The van der Waals surface area contributed by atoms with E-state index in [4.69, 9.17) is 0 Å². The van der Waals surface area contributed by atoms with E-state index in [0.29, 0.717) is 12.3 Å². The van der Waals surface area contributed by atoms with Crippen LogP contribution in [0.4, 0.5) is 5.13 Å². The van der Waals surface area contributed by atoms with E-state index in [-0.39, 0.29) is 11.4 Å². The van der Waals surface area contributed by atoms with Gasteiger partial charge in [-0.2, -0.15) is 0 Å². The Morgan fingerprint density at radius 2 is 2.00 bits per heavy atom. The second-order valence-corrected chi connectivity index (χ2v) is 7.99. The molecule has 2 rings (SSSR count). The minimum atomic E-state index is -0.166. The maximum absolute atomic E-state index is 11.9. The van der Waals surface area contributed by atoms with Crippen LogP contribution in [0.1, 0.15) is 32.8 Å². The molecule has 23 heavy (non-hydrogen) atoms. The summed E-state index contributed by atoms with van der Waals surface area (Å²) in [5, 5.41) is 15.2. The molecule has 0 aliphatic rings. The molecule has 0 spiro atoms. The van der Waals surface area contributed by atoms with Gasteiger partial charge in [0.1, 0.15) is 0 Å². The summed E-state index contributed by atoms with van der Waals surface area (Å²) in [4.78, 5) is 11.9. The van der Waals surface area contributed by atoms with Crippen molar-refractivity contribution in [3.63, 3.8) is 0 Å². The van der Waals surface area contributed by atoms with Gasteiger partial charge in [0.25, 0.3) is 0 Å².